The number of benzene rings is 1. The predicted octanol–water partition coefficient (Wildman–Crippen LogP) is 1.27. The average Bonchev–Trinajstić information content (AvgIpc) is 2.28. The van der Waals surface area contributed by atoms with Gasteiger partial charge in [0.05, 0.1) is 16.0 Å². The predicted molar refractivity (Wildman–Crippen MR) is 69.3 cm³/mol. The molecule has 0 aromatic heterocycles. The minimum Gasteiger partial charge on any atom is -0.370 e. The van der Waals surface area contributed by atoms with Gasteiger partial charge in [-0.05, 0) is 28.1 Å². The number of nitrogens with two attached hydrogens (primary N) is 1. The topological polar surface area (TPSA) is 107 Å². The lowest BCUT2D eigenvalue weighted by Crippen LogP contribution is -2.20. The fourth-order valence-corrected chi connectivity index (χ4v) is 1.70. The molecule has 0 fully saturated rings. The van der Waals surface area contributed by atoms with Crippen molar-refractivity contribution in [1.82, 2.24) is 0 Å². The lowest BCUT2D eigenvalue weighted by atomic mass is 10.3. The molecule has 0 atom stereocenters. The molecular weight excluding hydrogens is 306 g/mol. The molecule has 0 aliphatic carbocycles. The summed E-state index contributed by atoms with van der Waals surface area (Å²) in [6, 6.07) is 4.21. The molecular formula is C10H12BrN3O4. The summed E-state index contributed by atoms with van der Waals surface area (Å²) in [5.74, 6) is -0.343. The molecule has 0 saturated carbocycles. The second-order valence-corrected chi connectivity index (χ2v) is 4.17. The maximum Gasteiger partial charge on any atom is 0.283 e. The number of nitrogens with one attached hydrogen (secondary N) is 1. The second-order valence-electron chi connectivity index (χ2n) is 3.31. The van der Waals surface area contributed by atoms with E-state index in [0.717, 1.165) is 0 Å². The van der Waals surface area contributed by atoms with E-state index in [0.29, 0.717) is 23.3 Å². The fraction of sp³-hybridized carbons (Fsp3) is 0.300. The highest BCUT2D eigenvalue weighted by molar-refractivity contribution is 9.10. The van der Waals surface area contributed by atoms with Gasteiger partial charge in [-0.1, -0.05) is 0 Å². The van der Waals surface area contributed by atoms with Crippen LogP contribution in [-0.4, -0.2) is 30.6 Å². The number of rotatable bonds is 6. The molecule has 0 heterocycles. The van der Waals surface area contributed by atoms with Gasteiger partial charge in [-0.3, -0.25) is 14.9 Å². The van der Waals surface area contributed by atoms with Crippen LogP contribution in [0.1, 0.15) is 0 Å². The summed E-state index contributed by atoms with van der Waals surface area (Å²) in [5.41, 5.74) is 5.60. The summed E-state index contributed by atoms with van der Waals surface area (Å²) in [6.45, 7) is 0.541. The molecule has 98 valence electrons. The average molecular weight is 318 g/mol. The lowest BCUT2D eigenvalue weighted by molar-refractivity contribution is -0.385. The largest absolute Gasteiger partial charge is 0.370 e. The SMILES string of the molecule is NCCOCC(=O)Nc1ccc([N+](=O)[O-])c(Br)c1. The highest BCUT2D eigenvalue weighted by Gasteiger charge is 2.12. The molecule has 1 aromatic rings. The molecule has 0 saturated heterocycles. The molecule has 8 heteroatoms. The number of nitrogens with zero attached hydrogens (tertiary/aromatic N) is 1. The van der Waals surface area contributed by atoms with Crippen molar-refractivity contribution in [3.63, 3.8) is 0 Å². The van der Waals surface area contributed by atoms with Gasteiger partial charge in [-0.2, -0.15) is 0 Å². The van der Waals surface area contributed by atoms with Gasteiger partial charge >= 0.3 is 0 Å². The first-order chi connectivity index (χ1) is 8.54. The molecule has 0 radical (unpaired) electrons. The van der Waals surface area contributed by atoms with E-state index in [-0.39, 0.29) is 18.2 Å². The standard InChI is InChI=1S/C10H12BrN3O4/c11-8-5-7(1-2-9(8)14(16)17)13-10(15)6-18-4-3-12/h1-2,5H,3-4,6,12H2,(H,13,15). The van der Waals surface area contributed by atoms with Crippen molar-refractivity contribution in [2.75, 3.05) is 25.1 Å². The van der Waals surface area contributed by atoms with Gasteiger partial charge in [-0.15, -0.1) is 0 Å². The Balaban J connectivity index is 2.60. The Morgan fingerprint density at radius 1 is 1.56 bits per heavy atom. The zero-order valence-electron chi connectivity index (χ0n) is 9.39. The molecule has 1 rings (SSSR count). The van der Waals surface area contributed by atoms with Crippen LogP contribution in [0.2, 0.25) is 0 Å². The smallest absolute Gasteiger partial charge is 0.283 e. The van der Waals surface area contributed by atoms with Crippen LogP contribution in [0.3, 0.4) is 0 Å². The van der Waals surface area contributed by atoms with Crippen LogP contribution in [-0.2, 0) is 9.53 Å². The number of hydrogen-bond donors (Lipinski definition) is 2. The molecule has 3 N–H and O–H groups in total. The molecule has 7 nitrogen and oxygen atoms in total. The Morgan fingerprint density at radius 2 is 2.28 bits per heavy atom. The van der Waals surface area contributed by atoms with Gasteiger partial charge in [0, 0.05) is 18.3 Å². The van der Waals surface area contributed by atoms with Crippen molar-refractivity contribution in [1.29, 1.82) is 0 Å². The molecule has 0 spiro atoms. The van der Waals surface area contributed by atoms with Crippen LogP contribution >= 0.6 is 15.9 Å². The van der Waals surface area contributed by atoms with Crippen LogP contribution < -0.4 is 11.1 Å². The number of nitro groups is 1. The maximum absolute atomic E-state index is 11.4. The number of nitro benzene ring substituents is 1. The molecule has 0 unspecified atom stereocenters. The summed E-state index contributed by atoms with van der Waals surface area (Å²) in [6.07, 6.45) is 0. The van der Waals surface area contributed by atoms with Gasteiger partial charge in [0.1, 0.15) is 6.61 Å². The maximum atomic E-state index is 11.4. The van der Waals surface area contributed by atoms with Crippen molar-refractivity contribution < 1.29 is 14.5 Å². The van der Waals surface area contributed by atoms with Gasteiger partial charge in [0.2, 0.25) is 5.91 Å². The minimum absolute atomic E-state index is 0.0626. The van der Waals surface area contributed by atoms with Crippen molar-refractivity contribution in [3.05, 3.63) is 32.8 Å². The Labute approximate surface area is 112 Å². The van der Waals surface area contributed by atoms with E-state index in [9.17, 15) is 14.9 Å². The van der Waals surface area contributed by atoms with E-state index in [1.54, 1.807) is 0 Å². The van der Waals surface area contributed by atoms with E-state index in [2.05, 4.69) is 21.2 Å². The number of carbonyl (C=O) groups excluding carboxylic acids is 1. The van der Waals surface area contributed by atoms with E-state index < -0.39 is 4.92 Å². The molecule has 1 aromatic carbocycles. The van der Waals surface area contributed by atoms with Crippen LogP contribution in [0.25, 0.3) is 0 Å². The van der Waals surface area contributed by atoms with Crippen LogP contribution in [0.5, 0.6) is 0 Å². The van der Waals surface area contributed by atoms with E-state index in [1.165, 1.54) is 18.2 Å². The number of ether oxygens (including phenoxy) is 1. The van der Waals surface area contributed by atoms with Crippen molar-refractivity contribution in [2.45, 2.75) is 0 Å². The van der Waals surface area contributed by atoms with Gasteiger partial charge in [0.25, 0.3) is 5.69 Å². The van der Waals surface area contributed by atoms with E-state index >= 15 is 0 Å². The Morgan fingerprint density at radius 3 is 2.83 bits per heavy atom. The summed E-state index contributed by atoms with van der Waals surface area (Å²) in [7, 11) is 0. The quantitative estimate of drug-likeness (QED) is 0.466. The van der Waals surface area contributed by atoms with Crippen molar-refractivity contribution in [2.24, 2.45) is 5.73 Å². The second kappa shape index (κ2) is 7.04. The number of amides is 1. The van der Waals surface area contributed by atoms with Crippen LogP contribution in [0, 0.1) is 10.1 Å². The van der Waals surface area contributed by atoms with Crippen molar-refractivity contribution in [3.8, 4) is 0 Å². The fourth-order valence-electron chi connectivity index (χ4n) is 1.18. The zero-order chi connectivity index (χ0) is 13.5. The Bertz CT molecular complexity index is 453. The monoisotopic (exact) mass is 317 g/mol. The molecule has 18 heavy (non-hydrogen) atoms. The minimum atomic E-state index is -0.514. The first kappa shape index (κ1) is 14.6. The van der Waals surface area contributed by atoms with Crippen molar-refractivity contribution >= 4 is 33.2 Å². The number of anilines is 1. The molecule has 1 amide bonds. The molecule has 0 aliphatic heterocycles. The number of halogens is 1. The number of hydrogen-bond acceptors (Lipinski definition) is 5. The third-order valence-electron chi connectivity index (χ3n) is 1.92. The van der Waals surface area contributed by atoms with Gasteiger partial charge in [-0.25, -0.2) is 0 Å². The number of carbonyl (C=O) groups is 1. The van der Waals surface area contributed by atoms with Gasteiger partial charge < -0.3 is 15.8 Å². The van der Waals surface area contributed by atoms with E-state index in [4.69, 9.17) is 10.5 Å². The van der Waals surface area contributed by atoms with E-state index in [1.807, 2.05) is 0 Å². The Hall–Kier alpha value is -1.51. The first-order valence-electron chi connectivity index (χ1n) is 5.06. The third-order valence-corrected chi connectivity index (χ3v) is 2.56. The van der Waals surface area contributed by atoms with Crippen LogP contribution in [0.15, 0.2) is 22.7 Å². The highest BCUT2D eigenvalue weighted by Crippen LogP contribution is 2.27. The zero-order valence-corrected chi connectivity index (χ0v) is 11.0. The normalized spacial score (nSPS) is 10.1. The molecule has 0 aliphatic rings. The first-order valence-corrected chi connectivity index (χ1v) is 5.85. The lowest BCUT2D eigenvalue weighted by Gasteiger charge is -2.06. The highest BCUT2D eigenvalue weighted by atomic mass is 79.9. The summed E-state index contributed by atoms with van der Waals surface area (Å²) in [5, 5.41) is 13.1. The summed E-state index contributed by atoms with van der Waals surface area (Å²) in [4.78, 5) is 21.5. The Kier molecular flexibility index (Phi) is 5.69. The molecule has 0 bridgehead atoms. The summed E-state index contributed by atoms with van der Waals surface area (Å²) < 4.78 is 5.25. The van der Waals surface area contributed by atoms with Crippen LogP contribution in [0.4, 0.5) is 11.4 Å². The summed E-state index contributed by atoms with van der Waals surface area (Å²) >= 11 is 3.06. The third kappa shape index (κ3) is 4.40. The van der Waals surface area contributed by atoms with Gasteiger partial charge in [0.15, 0.2) is 0 Å².